The predicted octanol–water partition coefficient (Wildman–Crippen LogP) is 4.96. The lowest BCUT2D eigenvalue weighted by molar-refractivity contribution is 0.426. The first-order valence-electron chi connectivity index (χ1n) is 6.75. The third-order valence-electron chi connectivity index (χ3n) is 3.86. The van der Waals surface area contributed by atoms with E-state index in [2.05, 4.69) is 40.3 Å². The first-order valence-corrected chi connectivity index (χ1v) is 8.36. The lowest BCUT2D eigenvalue weighted by Crippen LogP contribution is -2.27. The average Bonchev–Trinajstić information content (AvgIpc) is 2.63. The Hall–Kier alpha value is 0.140. The second kappa shape index (κ2) is 6.91. The van der Waals surface area contributed by atoms with E-state index in [0.29, 0.717) is 0 Å². The molecule has 2 atom stereocenters. The summed E-state index contributed by atoms with van der Waals surface area (Å²) in [5, 5.41) is 3.73. The highest BCUT2D eigenvalue weighted by molar-refractivity contribution is 9.11. The van der Waals surface area contributed by atoms with Crippen molar-refractivity contribution in [3.63, 3.8) is 0 Å². The Morgan fingerprint density at radius 2 is 2.18 bits per heavy atom. The molecule has 1 aromatic rings. The number of hydrogen-bond acceptors (Lipinski definition) is 2. The van der Waals surface area contributed by atoms with Gasteiger partial charge in [-0.15, -0.1) is 11.3 Å². The van der Waals surface area contributed by atoms with E-state index in [9.17, 15) is 0 Å². The van der Waals surface area contributed by atoms with Crippen molar-refractivity contribution in [2.24, 2.45) is 5.92 Å². The van der Waals surface area contributed by atoms with Gasteiger partial charge in [0.25, 0.3) is 0 Å². The van der Waals surface area contributed by atoms with Gasteiger partial charge in [0.2, 0.25) is 0 Å². The Kier molecular flexibility index (Phi) is 5.51. The summed E-state index contributed by atoms with van der Waals surface area (Å²) in [6.07, 6.45) is 8.37. The number of hydrogen-bond donors (Lipinski definition) is 1. The van der Waals surface area contributed by atoms with Gasteiger partial charge in [0.05, 0.1) is 3.79 Å². The van der Waals surface area contributed by atoms with Crippen LogP contribution in [0.1, 0.15) is 50.3 Å². The third-order valence-corrected chi connectivity index (χ3v) is 5.48. The van der Waals surface area contributed by atoms with E-state index in [1.807, 2.05) is 11.3 Å². The molecule has 1 heterocycles. The fraction of sp³-hybridized carbons (Fsp3) is 0.714. The van der Waals surface area contributed by atoms with Gasteiger partial charge in [-0.1, -0.05) is 26.2 Å². The second-order valence-corrected chi connectivity index (χ2v) is 7.61. The minimum atomic E-state index is 0.743. The van der Waals surface area contributed by atoms with Gasteiger partial charge in [0.15, 0.2) is 0 Å². The van der Waals surface area contributed by atoms with E-state index >= 15 is 0 Å². The van der Waals surface area contributed by atoms with Crippen LogP contribution in [-0.2, 0) is 6.54 Å². The van der Waals surface area contributed by atoms with Crippen LogP contribution in [0.3, 0.4) is 0 Å². The monoisotopic (exact) mass is 315 g/mol. The zero-order valence-electron chi connectivity index (χ0n) is 10.5. The zero-order chi connectivity index (χ0) is 12.1. The number of nitrogens with one attached hydrogen (secondary N) is 1. The van der Waals surface area contributed by atoms with Crippen molar-refractivity contribution in [2.75, 3.05) is 0 Å². The quantitative estimate of drug-likeness (QED) is 0.774. The summed E-state index contributed by atoms with van der Waals surface area (Å²) in [7, 11) is 0. The zero-order valence-corrected chi connectivity index (χ0v) is 12.9. The Morgan fingerprint density at radius 3 is 2.88 bits per heavy atom. The molecule has 1 saturated carbocycles. The first kappa shape index (κ1) is 13.6. The summed E-state index contributed by atoms with van der Waals surface area (Å²) in [5.74, 6) is 0.984. The fourth-order valence-corrected chi connectivity index (χ4v) is 4.12. The van der Waals surface area contributed by atoms with Crippen molar-refractivity contribution in [2.45, 2.75) is 58.0 Å². The van der Waals surface area contributed by atoms with Crippen LogP contribution in [0.4, 0.5) is 0 Å². The van der Waals surface area contributed by atoms with Crippen molar-refractivity contribution >= 4 is 27.3 Å². The molecule has 0 amide bonds. The molecule has 0 spiro atoms. The van der Waals surface area contributed by atoms with E-state index in [1.165, 1.54) is 47.2 Å². The van der Waals surface area contributed by atoms with E-state index in [4.69, 9.17) is 0 Å². The molecule has 1 N–H and O–H groups in total. The van der Waals surface area contributed by atoms with Crippen LogP contribution >= 0.6 is 27.3 Å². The summed E-state index contributed by atoms with van der Waals surface area (Å²) in [5.41, 5.74) is 0. The highest BCUT2D eigenvalue weighted by atomic mass is 79.9. The average molecular weight is 316 g/mol. The van der Waals surface area contributed by atoms with Crippen LogP contribution in [0, 0.1) is 5.92 Å². The molecule has 1 fully saturated rings. The Balaban J connectivity index is 1.75. The Morgan fingerprint density at radius 1 is 1.29 bits per heavy atom. The molecule has 1 nitrogen and oxygen atoms in total. The molecule has 2 unspecified atom stereocenters. The topological polar surface area (TPSA) is 12.0 Å². The number of halogens is 1. The van der Waals surface area contributed by atoms with Gasteiger partial charge in [-0.3, -0.25) is 0 Å². The maximum absolute atomic E-state index is 3.73. The van der Waals surface area contributed by atoms with Crippen LogP contribution in [-0.4, -0.2) is 6.04 Å². The molecular weight excluding hydrogens is 294 g/mol. The number of rotatable bonds is 4. The standard InChI is InChI=1S/C14H22BrNS/c1-2-11-4-3-5-12(7-6-11)16-10-13-8-9-14(15)17-13/h8-9,11-12,16H,2-7,10H2,1H3. The molecule has 96 valence electrons. The first-order chi connectivity index (χ1) is 8.28. The largest absolute Gasteiger partial charge is 0.309 e. The Labute approximate surface area is 117 Å². The lowest BCUT2D eigenvalue weighted by atomic mass is 9.98. The highest BCUT2D eigenvalue weighted by Gasteiger charge is 2.17. The van der Waals surface area contributed by atoms with Gasteiger partial charge in [-0.05, 0) is 53.2 Å². The minimum Gasteiger partial charge on any atom is -0.309 e. The molecule has 1 aliphatic carbocycles. The summed E-state index contributed by atoms with van der Waals surface area (Å²) in [4.78, 5) is 1.44. The second-order valence-electron chi connectivity index (χ2n) is 5.07. The number of thiophene rings is 1. The van der Waals surface area contributed by atoms with E-state index in [0.717, 1.165) is 18.5 Å². The molecule has 3 heteroatoms. The van der Waals surface area contributed by atoms with Crippen molar-refractivity contribution in [1.82, 2.24) is 5.32 Å². The van der Waals surface area contributed by atoms with Crippen LogP contribution in [0.15, 0.2) is 15.9 Å². The van der Waals surface area contributed by atoms with Crippen LogP contribution in [0.5, 0.6) is 0 Å². The van der Waals surface area contributed by atoms with Gasteiger partial charge in [0.1, 0.15) is 0 Å². The molecule has 0 aromatic carbocycles. The van der Waals surface area contributed by atoms with E-state index < -0.39 is 0 Å². The Bertz CT molecular complexity index is 337. The molecule has 1 aliphatic rings. The highest BCUT2D eigenvalue weighted by Crippen LogP contribution is 2.26. The van der Waals surface area contributed by atoms with Crippen LogP contribution < -0.4 is 5.32 Å². The minimum absolute atomic E-state index is 0.743. The van der Waals surface area contributed by atoms with E-state index in [-0.39, 0.29) is 0 Å². The van der Waals surface area contributed by atoms with Crippen LogP contribution in [0.25, 0.3) is 0 Å². The van der Waals surface area contributed by atoms with Crippen molar-refractivity contribution in [3.8, 4) is 0 Å². The van der Waals surface area contributed by atoms with Crippen molar-refractivity contribution < 1.29 is 0 Å². The molecule has 2 rings (SSSR count). The predicted molar refractivity (Wildman–Crippen MR) is 79.5 cm³/mol. The van der Waals surface area contributed by atoms with Gasteiger partial charge in [0, 0.05) is 17.5 Å². The van der Waals surface area contributed by atoms with Crippen LogP contribution in [0.2, 0.25) is 0 Å². The molecule has 0 bridgehead atoms. The summed E-state index contributed by atoms with van der Waals surface area (Å²) >= 11 is 5.36. The van der Waals surface area contributed by atoms with E-state index in [1.54, 1.807) is 0 Å². The molecule has 0 saturated heterocycles. The summed E-state index contributed by atoms with van der Waals surface area (Å²) in [6.45, 7) is 3.37. The van der Waals surface area contributed by atoms with Gasteiger partial charge >= 0.3 is 0 Å². The molecule has 1 aromatic heterocycles. The van der Waals surface area contributed by atoms with Gasteiger partial charge < -0.3 is 5.32 Å². The SMILES string of the molecule is CCC1CCCC(NCc2ccc(Br)s2)CC1. The lowest BCUT2D eigenvalue weighted by Gasteiger charge is -2.16. The van der Waals surface area contributed by atoms with Crippen molar-refractivity contribution in [1.29, 1.82) is 0 Å². The fourth-order valence-electron chi connectivity index (χ4n) is 2.68. The van der Waals surface area contributed by atoms with Gasteiger partial charge in [-0.2, -0.15) is 0 Å². The molecule has 17 heavy (non-hydrogen) atoms. The van der Waals surface area contributed by atoms with Gasteiger partial charge in [-0.25, -0.2) is 0 Å². The molecular formula is C14H22BrNS. The molecule has 0 radical (unpaired) electrons. The maximum atomic E-state index is 3.73. The summed E-state index contributed by atoms with van der Waals surface area (Å²) in [6, 6.07) is 5.10. The molecule has 0 aliphatic heterocycles. The smallest absolute Gasteiger partial charge is 0.0701 e. The normalized spacial score (nSPS) is 25.8. The third kappa shape index (κ3) is 4.38. The van der Waals surface area contributed by atoms with Crippen molar-refractivity contribution in [3.05, 3.63) is 20.8 Å². The summed E-state index contributed by atoms with van der Waals surface area (Å²) < 4.78 is 1.24. The maximum Gasteiger partial charge on any atom is 0.0701 e.